The van der Waals surface area contributed by atoms with Crippen LogP contribution in [-0.4, -0.2) is 53.8 Å². The third kappa shape index (κ3) is 4.91. The number of anilines is 1. The van der Waals surface area contributed by atoms with E-state index in [0.29, 0.717) is 44.6 Å². The summed E-state index contributed by atoms with van der Waals surface area (Å²) in [5.41, 5.74) is 5.46. The Labute approximate surface area is 308 Å². The number of nitrogens with zero attached hydrogens (tertiary/aromatic N) is 4. The van der Waals surface area contributed by atoms with Gasteiger partial charge < -0.3 is 34.5 Å². The number of carbonyl (C=O) groups is 1. The summed E-state index contributed by atoms with van der Waals surface area (Å²) in [6.07, 6.45) is 5.50. The van der Waals surface area contributed by atoms with Crippen LogP contribution in [0.3, 0.4) is 0 Å². The van der Waals surface area contributed by atoms with Crippen molar-refractivity contribution in [3.05, 3.63) is 138 Å². The highest BCUT2D eigenvalue weighted by atomic mass is 32.1. The maximum Gasteiger partial charge on any atom is 0.340 e. The zero-order valence-electron chi connectivity index (χ0n) is 28.2. The number of piperidine rings is 1. The molecule has 0 radical (unpaired) electrons. The highest BCUT2D eigenvalue weighted by Crippen LogP contribution is 2.57. The van der Waals surface area contributed by atoms with Crippen LogP contribution in [0.15, 0.2) is 116 Å². The highest BCUT2D eigenvalue weighted by molar-refractivity contribution is 7.80. The van der Waals surface area contributed by atoms with E-state index in [1.54, 1.807) is 18.2 Å². The number of benzene rings is 5. The molecule has 10 nitrogen and oxygen atoms in total. The van der Waals surface area contributed by atoms with Gasteiger partial charge in [-0.2, -0.15) is 0 Å². The standard InChI is InChI=1S/C42H31N5O5S/c48-29-8-11-34-36(21-29)51-37-22-30(49)9-12-35(37)42(34)33-10-7-27(20-32(33)40(50)52-42)45-41(53)46-17-14-28(15-18-46)47-23-44-38-31(13-16-43-39(38)47)26-6-5-24-3-1-2-4-25(24)19-26/h1-13,16,19-23,28,48-49H,14-15,17-18H2,(H,45,53). The number of ether oxygens (including phenoxy) is 2. The zero-order valence-corrected chi connectivity index (χ0v) is 29.0. The van der Waals surface area contributed by atoms with Crippen LogP contribution in [0.25, 0.3) is 33.1 Å². The molecule has 2 aromatic heterocycles. The smallest absolute Gasteiger partial charge is 0.340 e. The van der Waals surface area contributed by atoms with Crippen LogP contribution >= 0.6 is 12.2 Å². The first-order chi connectivity index (χ1) is 25.9. The summed E-state index contributed by atoms with van der Waals surface area (Å²) in [5.74, 6) is 0.177. The number of phenolic OH excluding ortho intramolecular Hbond substituents is 2. The van der Waals surface area contributed by atoms with Crippen molar-refractivity contribution < 1.29 is 24.5 Å². The lowest BCUT2D eigenvalue weighted by atomic mass is 9.77. The number of likely N-dealkylation sites (tertiary alicyclic amines) is 1. The zero-order chi connectivity index (χ0) is 35.8. The summed E-state index contributed by atoms with van der Waals surface area (Å²) in [6.45, 7) is 1.48. The molecule has 0 aliphatic carbocycles. The average Bonchev–Trinajstić information content (AvgIpc) is 3.73. The lowest BCUT2D eigenvalue weighted by molar-refractivity contribution is 0.0224. The van der Waals surface area contributed by atoms with Crippen LogP contribution in [0.1, 0.15) is 45.9 Å². The molecule has 53 heavy (non-hydrogen) atoms. The molecule has 3 aliphatic rings. The molecule has 260 valence electrons. The van der Waals surface area contributed by atoms with Crippen LogP contribution in [-0.2, 0) is 10.3 Å². The summed E-state index contributed by atoms with van der Waals surface area (Å²) < 4.78 is 14.5. The van der Waals surface area contributed by atoms with Gasteiger partial charge in [-0.25, -0.2) is 14.8 Å². The molecule has 3 aliphatic heterocycles. The van der Waals surface area contributed by atoms with Gasteiger partial charge in [-0.3, -0.25) is 0 Å². The van der Waals surface area contributed by atoms with Gasteiger partial charge in [-0.05, 0) is 89.9 Å². The van der Waals surface area contributed by atoms with Crippen molar-refractivity contribution in [1.82, 2.24) is 19.4 Å². The Morgan fingerprint density at radius 2 is 1.51 bits per heavy atom. The molecule has 0 amide bonds. The van der Waals surface area contributed by atoms with Gasteiger partial charge in [0, 0.05) is 65.4 Å². The van der Waals surface area contributed by atoms with Crippen molar-refractivity contribution in [3.63, 3.8) is 0 Å². The maximum atomic E-state index is 13.6. The lowest BCUT2D eigenvalue weighted by Gasteiger charge is -2.36. The number of pyridine rings is 1. The molecule has 0 unspecified atom stereocenters. The van der Waals surface area contributed by atoms with Crippen molar-refractivity contribution in [1.29, 1.82) is 0 Å². The summed E-state index contributed by atoms with van der Waals surface area (Å²) in [6, 6.07) is 32.0. The molecule has 0 saturated carbocycles. The molecule has 11 heteroatoms. The summed E-state index contributed by atoms with van der Waals surface area (Å²) in [5, 5.41) is 26.7. The second-order valence-corrected chi connectivity index (χ2v) is 14.1. The largest absolute Gasteiger partial charge is 0.508 e. The fraction of sp³-hybridized carbons (Fsp3) is 0.143. The monoisotopic (exact) mass is 717 g/mol. The fourth-order valence-electron chi connectivity index (χ4n) is 8.12. The predicted octanol–water partition coefficient (Wildman–Crippen LogP) is 8.26. The summed E-state index contributed by atoms with van der Waals surface area (Å²) in [7, 11) is 0. The van der Waals surface area contributed by atoms with E-state index >= 15 is 0 Å². The number of carbonyl (C=O) groups excluding carboxylic acids is 1. The Morgan fingerprint density at radius 1 is 0.792 bits per heavy atom. The SMILES string of the molecule is O=C1OC2(c3ccc(O)cc3Oc3cc(O)ccc32)c2ccc(NC(=S)N3CCC(n4cnc5c(-c6ccc7ccccc7c6)ccnc54)CC3)cc21. The molecule has 5 heterocycles. The molecule has 1 spiro atoms. The van der Waals surface area contributed by atoms with Crippen molar-refractivity contribution in [3.8, 4) is 34.1 Å². The van der Waals surface area contributed by atoms with E-state index in [0.717, 1.165) is 48.2 Å². The quantitative estimate of drug-likeness (QED) is 0.122. The minimum atomic E-state index is -1.32. The Bertz CT molecular complexity index is 2610. The van der Waals surface area contributed by atoms with Gasteiger partial charge in [-0.1, -0.05) is 42.5 Å². The number of phenols is 2. The first-order valence-corrected chi connectivity index (χ1v) is 17.9. The van der Waals surface area contributed by atoms with Crippen LogP contribution in [0, 0.1) is 0 Å². The number of rotatable bonds is 3. The van der Waals surface area contributed by atoms with E-state index in [4.69, 9.17) is 31.7 Å². The van der Waals surface area contributed by atoms with E-state index in [-0.39, 0.29) is 17.5 Å². The summed E-state index contributed by atoms with van der Waals surface area (Å²) in [4.78, 5) is 25.3. The van der Waals surface area contributed by atoms with E-state index in [1.807, 2.05) is 30.7 Å². The third-order valence-electron chi connectivity index (χ3n) is 10.7. The van der Waals surface area contributed by atoms with Crippen molar-refractivity contribution >= 4 is 50.9 Å². The van der Waals surface area contributed by atoms with Crippen molar-refractivity contribution in [2.45, 2.75) is 24.5 Å². The normalized spacial score (nSPS) is 15.8. The molecule has 3 N–H and O–H groups in total. The minimum absolute atomic E-state index is 0.00491. The number of aromatic hydroxyl groups is 2. The molecule has 0 bridgehead atoms. The first kappa shape index (κ1) is 31.3. The van der Waals surface area contributed by atoms with E-state index in [1.165, 1.54) is 35.0 Å². The summed E-state index contributed by atoms with van der Waals surface area (Å²) >= 11 is 5.88. The number of fused-ring (bicyclic) bond motifs is 8. The Hall–Kier alpha value is -6.46. The number of imidazole rings is 1. The minimum Gasteiger partial charge on any atom is -0.508 e. The molecule has 1 saturated heterocycles. The van der Waals surface area contributed by atoms with E-state index in [2.05, 4.69) is 57.2 Å². The number of aromatic nitrogens is 3. The Kier molecular flexibility index (Phi) is 6.96. The van der Waals surface area contributed by atoms with Crippen LogP contribution < -0.4 is 10.1 Å². The van der Waals surface area contributed by atoms with Crippen molar-refractivity contribution in [2.24, 2.45) is 0 Å². The second-order valence-electron chi connectivity index (χ2n) is 13.7. The molecular weight excluding hydrogens is 687 g/mol. The number of nitrogens with one attached hydrogen (secondary N) is 1. The van der Waals surface area contributed by atoms with Crippen LogP contribution in [0.2, 0.25) is 0 Å². The topological polar surface area (TPSA) is 122 Å². The van der Waals surface area contributed by atoms with Gasteiger partial charge in [0.05, 0.1) is 11.9 Å². The maximum absolute atomic E-state index is 13.6. The van der Waals surface area contributed by atoms with Gasteiger partial charge >= 0.3 is 5.97 Å². The number of hydrogen-bond acceptors (Lipinski definition) is 8. The number of esters is 1. The predicted molar refractivity (Wildman–Crippen MR) is 205 cm³/mol. The van der Waals surface area contributed by atoms with Gasteiger partial charge in [-0.15, -0.1) is 0 Å². The fourth-order valence-corrected chi connectivity index (χ4v) is 8.42. The number of hydrogen-bond donors (Lipinski definition) is 3. The second kappa shape index (κ2) is 11.8. The van der Waals surface area contributed by atoms with Gasteiger partial charge in [0.15, 0.2) is 16.4 Å². The van der Waals surface area contributed by atoms with Gasteiger partial charge in [0.1, 0.15) is 28.5 Å². The molecule has 7 aromatic rings. The average molecular weight is 718 g/mol. The molecule has 0 atom stereocenters. The molecule has 5 aromatic carbocycles. The Balaban J connectivity index is 0.875. The Morgan fingerprint density at radius 3 is 2.26 bits per heavy atom. The van der Waals surface area contributed by atoms with Crippen molar-refractivity contribution in [2.75, 3.05) is 18.4 Å². The van der Waals surface area contributed by atoms with Crippen LogP contribution in [0.5, 0.6) is 23.0 Å². The highest BCUT2D eigenvalue weighted by Gasteiger charge is 2.53. The molecular formula is C42H31N5O5S. The number of thiocarbonyl (C=S) groups is 1. The third-order valence-corrected chi connectivity index (χ3v) is 11.1. The van der Waals surface area contributed by atoms with Crippen LogP contribution in [0.4, 0.5) is 5.69 Å². The molecule has 1 fully saturated rings. The first-order valence-electron chi connectivity index (χ1n) is 17.4. The van der Waals surface area contributed by atoms with Gasteiger partial charge in [0.2, 0.25) is 0 Å². The van der Waals surface area contributed by atoms with Gasteiger partial charge in [0.25, 0.3) is 0 Å². The van der Waals surface area contributed by atoms with E-state index < -0.39 is 11.6 Å². The lowest BCUT2D eigenvalue weighted by Crippen LogP contribution is -2.41. The van der Waals surface area contributed by atoms with E-state index in [9.17, 15) is 15.0 Å². The molecule has 10 rings (SSSR count).